The average Bonchev–Trinajstić information content (AvgIpc) is 3.28. The zero-order chi connectivity index (χ0) is 18.7. The van der Waals surface area contributed by atoms with Crippen molar-refractivity contribution in [1.29, 1.82) is 0 Å². The van der Waals surface area contributed by atoms with Crippen LogP contribution in [-0.4, -0.2) is 51.1 Å². The fraction of sp³-hybridized carbons (Fsp3) is 0.556. The normalized spacial score (nSPS) is 17.5. The molecular formula is C18H25N5O2S. The van der Waals surface area contributed by atoms with Crippen molar-refractivity contribution in [3.63, 3.8) is 0 Å². The second kappa shape index (κ2) is 7.99. The second-order valence-electron chi connectivity index (χ2n) is 7.10. The van der Waals surface area contributed by atoms with Crippen LogP contribution >= 0.6 is 11.3 Å². The van der Waals surface area contributed by atoms with E-state index in [1.807, 2.05) is 37.4 Å². The molecule has 140 valence electrons. The number of nitrogens with zero attached hydrogens (tertiary/aromatic N) is 4. The molecule has 2 aromatic heterocycles. The van der Waals surface area contributed by atoms with Crippen LogP contribution < -0.4 is 5.32 Å². The lowest BCUT2D eigenvalue weighted by molar-refractivity contribution is -0.124. The summed E-state index contributed by atoms with van der Waals surface area (Å²) in [6.45, 7) is 5.80. The number of hydrogen-bond donors (Lipinski definition) is 1. The quantitative estimate of drug-likeness (QED) is 0.868. The Labute approximate surface area is 157 Å². The number of amides is 2. The number of piperidine rings is 1. The third-order valence-corrected chi connectivity index (χ3v) is 5.46. The molecule has 0 aromatic carbocycles. The van der Waals surface area contributed by atoms with E-state index in [9.17, 15) is 9.59 Å². The Morgan fingerprint density at radius 3 is 2.92 bits per heavy atom. The first-order chi connectivity index (χ1) is 12.4. The predicted molar refractivity (Wildman–Crippen MR) is 101 cm³/mol. The molecule has 1 unspecified atom stereocenters. The SMILES string of the molecule is CC(C)C(=O)NCC1CCCN(C(=O)c2csc(-c3cnn(C)c3)n2)C1. The molecule has 0 spiro atoms. The van der Waals surface area contributed by atoms with E-state index in [4.69, 9.17) is 0 Å². The van der Waals surface area contributed by atoms with Crippen LogP contribution in [0.3, 0.4) is 0 Å². The van der Waals surface area contributed by atoms with Crippen molar-refractivity contribution in [2.45, 2.75) is 26.7 Å². The first kappa shape index (κ1) is 18.6. The van der Waals surface area contributed by atoms with E-state index in [1.165, 1.54) is 11.3 Å². The molecule has 0 aliphatic carbocycles. The van der Waals surface area contributed by atoms with Crippen molar-refractivity contribution in [2.24, 2.45) is 18.9 Å². The zero-order valence-corrected chi connectivity index (χ0v) is 16.3. The molecule has 2 aromatic rings. The number of nitrogens with one attached hydrogen (secondary N) is 1. The highest BCUT2D eigenvalue weighted by Crippen LogP contribution is 2.25. The first-order valence-corrected chi connectivity index (χ1v) is 9.83. The molecule has 1 aliphatic heterocycles. The number of hydrogen-bond acceptors (Lipinski definition) is 5. The fourth-order valence-corrected chi connectivity index (χ4v) is 3.83. The Hall–Kier alpha value is -2.22. The van der Waals surface area contributed by atoms with Crippen LogP contribution in [0.15, 0.2) is 17.8 Å². The maximum Gasteiger partial charge on any atom is 0.273 e. The summed E-state index contributed by atoms with van der Waals surface area (Å²) in [5, 5.41) is 9.75. The predicted octanol–water partition coefficient (Wildman–Crippen LogP) is 2.17. The molecule has 0 radical (unpaired) electrons. The number of aryl methyl sites for hydroxylation is 1. The average molecular weight is 375 g/mol. The lowest BCUT2D eigenvalue weighted by Crippen LogP contribution is -2.44. The van der Waals surface area contributed by atoms with Gasteiger partial charge in [0.2, 0.25) is 5.91 Å². The van der Waals surface area contributed by atoms with E-state index in [-0.39, 0.29) is 17.7 Å². The zero-order valence-electron chi connectivity index (χ0n) is 15.4. The monoisotopic (exact) mass is 375 g/mol. The molecule has 1 atom stereocenters. The number of thiazole rings is 1. The maximum atomic E-state index is 12.8. The fourth-order valence-electron chi connectivity index (χ4n) is 3.06. The van der Waals surface area contributed by atoms with Gasteiger partial charge < -0.3 is 10.2 Å². The Kier molecular flexibility index (Phi) is 5.70. The van der Waals surface area contributed by atoms with Gasteiger partial charge in [-0.1, -0.05) is 13.8 Å². The van der Waals surface area contributed by atoms with Crippen molar-refractivity contribution in [2.75, 3.05) is 19.6 Å². The Bertz CT molecular complexity index is 782. The van der Waals surface area contributed by atoms with E-state index in [1.54, 1.807) is 10.9 Å². The van der Waals surface area contributed by atoms with Crippen LogP contribution in [0.1, 0.15) is 37.2 Å². The summed E-state index contributed by atoms with van der Waals surface area (Å²) in [6.07, 6.45) is 5.62. The molecule has 0 saturated carbocycles. The summed E-state index contributed by atoms with van der Waals surface area (Å²) in [5.74, 6) is 0.314. The van der Waals surface area contributed by atoms with Crippen molar-refractivity contribution < 1.29 is 9.59 Å². The Morgan fingerprint density at radius 2 is 2.23 bits per heavy atom. The molecule has 1 aliphatic rings. The van der Waals surface area contributed by atoms with Gasteiger partial charge in [-0.25, -0.2) is 4.98 Å². The smallest absolute Gasteiger partial charge is 0.273 e. The molecule has 1 N–H and O–H groups in total. The summed E-state index contributed by atoms with van der Waals surface area (Å²) in [6, 6.07) is 0. The summed E-state index contributed by atoms with van der Waals surface area (Å²) in [7, 11) is 1.86. The molecule has 7 nitrogen and oxygen atoms in total. The third kappa shape index (κ3) is 4.30. The third-order valence-electron chi connectivity index (χ3n) is 4.57. The largest absolute Gasteiger partial charge is 0.356 e. The van der Waals surface area contributed by atoms with Gasteiger partial charge in [-0.2, -0.15) is 5.10 Å². The van der Waals surface area contributed by atoms with Gasteiger partial charge >= 0.3 is 0 Å². The van der Waals surface area contributed by atoms with Crippen LogP contribution in [-0.2, 0) is 11.8 Å². The van der Waals surface area contributed by atoms with Crippen LogP contribution in [0.5, 0.6) is 0 Å². The van der Waals surface area contributed by atoms with E-state index < -0.39 is 0 Å². The Balaban J connectivity index is 1.60. The van der Waals surface area contributed by atoms with Crippen molar-refractivity contribution >= 4 is 23.2 Å². The van der Waals surface area contributed by atoms with E-state index in [0.717, 1.165) is 30.0 Å². The number of carbonyl (C=O) groups excluding carboxylic acids is 2. The summed E-state index contributed by atoms with van der Waals surface area (Å²) in [4.78, 5) is 30.9. The molecule has 1 saturated heterocycles. The summed E-state index contributed by atoms with van der Waals surface area (Å²) >= 11 is 1.46. The van der Waals surface area contributed by atoms with E-state index in [0.29, 0.717) is 24.7 Å². The highest BCUT2D eigenvalue weighted by molar-refractivity contribution is 7.13. The van der Waals surface area contributed by atoms with Gasteiger partial charge in [-0.15, -0.1) is 11.3 Å². The second-order valence-corrected chi connectivity index (χ2v) is 7.96. The van der Waals surface area contributed by atoms with Crippen molar-refractivity contribution in [3.8, 4) is 10.6 Å². The minimum Gasteiger partial charge on any atom is -0.356 e. The number of carbonyl (C=O) groups is 2. The molecule has 26 heavy (non-hydrogen) atoms. The molecule has 1 fully saturated rings. The topological polar surface area (TPSA) is 80.1 Å². The van der Waals surface area contributed by atoms with Crippen LogP contribution in [0.25, 0.3) is 10.6 Å². The summed E-state index contributed by atoms with van der Waals surface area (Å²) in [5.41, 5.74) is 1.41. The number of likely N-dealkylation sites (tertiary alicyclic amines) is 1. The van der Waals surface area contributed by atoms with Crippen molar-refractivity contribution in [3.05, 3.63) is 23.5 Å². The van der Waals surface area contributed by atoms with Gasteiger partial charge in [0.15, 0.2) is 0 Å². The Morgan fingerprint density at radius 1 is 1.42 bits per heavy atom. The standard InChI is InChI=1S/C18H25N5O2S/c1-12(2)16(24)19-7-13-5-4-6-23(9-13)18(25)15-11-26-17(21-15)14-8-20-22(3)10-14/h8,10-13H,4-7,9H2,1-3H3,(H,19,24). The minimum atomic E-state index is -0.0312. The van der Waals surface area contributed by atoms with Gasteiger partial charge in [-0.05, 0) is 18.8 Å². The molecule has 3 heterocycles. The summed E-state index contributed by atoms with van der Waals surface area (Å²) < 4.78 is 1.72. The van der Waals surface area contributed by atoms with Crippen molar-refractivity contribution in [1.82, 2.24) is 25.0 Å². The maximum absolute atomic E-state index is 12.8. The first-order valence-electron chi connectivity index (χ1n) is 8.95. The van der Waals surface area contributed by atoms with Gasteiger partial charge in [-0.3, -0.25) is 14.3 Å². The highest BCUT2D eigenvalue weighted by atomic mass is 32.1. The highest BCUT2D eigenvalue weighted by Gasteiger charge is 2.26. The van der Waals surface area contributed by atoms with Crippen LogP contribution in [0.2, 0.25) is 0 Å². The van der Waals surface area contributed by atoms with Gasteiger partial charge in [0.25, 0.3) is 5.91 Å². The number of aromatic nitrogens is 3. The number of rotatable bonds is 5. The lowest BCUT2D eigenvalue weighted by Gasteiger charge is -2.32. The van der Waals surface area contributed by atoms with Gasteiger partial charge in [0, 0.05) is 49.7 Å². The van der Waals surface area contributed by atoms with Crippen LogP contribution in [0, 0.1) is 11.8 Å². The molecular weight excluding hydrogens is 350 g/mol. The molecule has 3 rings (SSSR count). The van der Waals surface area contributed by atoms with Crippen LogP contribution in [0.4, 0.5) is 0 Å². The van der Waals surface area contributed by atoms with E-state index >= 15 is 0 Å². The lowest BCUT2D eigenvalue weighted by atomic mass is 9.97. The minimum absolute atomic E-state index is 0.0165. The van der Waals surface area contributed by atoms with Gasteiger partial charge in [0.1, 0.15) is 10.7 Å². The molecule has 8 heteroatoms. The molecule has 0 bridgehead atoms. The molecule has 2 amide bonds. The van der Waals surface area contributed by atoms with Gasteiger partial charge in [0.05, 0.1) is 6.20 Å². The van der Waals surface area contributed by atoms with E-state index in [2.05, 4.69) is 15.4 Å².